The molecular formula is C72H115ClIN10O19P5. The second kappa shape index (κ2) is 36.0. The first-order valence-corrected chi connectivity index (χ1v) is 52.0. The van der Waals surface area contributed by atoms with Crippen LogP contribution in [0.5, 0.6) is 0 Å². The molecule has 19 atom stereocenters. The summed E-state index contributed by atoms with van der Waals surface area (Å²) in [5.74, 6) is -1.97. The maximum absolute atomic E-state index is 11.3. The Bertz CT molecular complexity index is 3710. The van der Waals surface area contributed by atoms with E-state index in [9.17, 15) is 64.8 Å². The molecule has 6 fully saturated rings. The van der Waals surface area contributed by atoms with Crippen LogP contribution in [0.15, 0.2) is 123 Å². The number of halogens is 2. The van der Waals surface area contributed by atoms with Crippen molar-refractivity contribution < 1.29 is 93.2 Å². The number of alkyl halides is 2. The van der Waals surface area contributed by atoms with Crippen molar-refractivity contribution in [1.29, 1.82) is 0 Å². The third-order valence-corrected chi connectivity index (χ3v) is 28.4. The number of carbonyl (C=O) groups excluding carboxylic acids is 5. The monoisotopic (exact) mass is 1740 g/mol. The minimum absolute atomic E-state index is 0.0877. The highest BCUT2D eigenvalue weighted by atomic mass is 127. The first kappa shape index (κ1) is 90.9. The molecule has 11 rings (SSSR count). The molecule has 13 N–H and O–H groups in total. The Balaban J connectivity index is 0.000000188. The largest absolute Gasteiger partial charge is 0.389 e. The normalized spacial score (nSPS) is 34.4. The van der Waals surface area contributed by atoms with Crippen molar-refractivity contribution >= 4 is 130 Å². The molecule has 0 aromatic carbocycles. The van der Waals surface area contributed by atoms with Crippen molar-refractivity contribution in [3.05, 3.63) is 123 Å². The molecule has 108 heavy (non-hydrogen) atoms. The van der Waals surface area contributed by atoms with E-state index < -0.39 is 131 Å². The first-order chi connectivity index (χ1) is 49.6. The van der Waals surface area contributed by atoms with Crippen LogP contribution < -0.4 is 26.6 Å². The van der Waals surface area contributed by atoms with Gasteiger partial charge in [0.25, 0.3) is 29.5 Å². The molecule has 606 valence electrons. The number of carbonyl (C=O) groups is 5. The van der Waals surface area contributed by atoms with Crippen molar-refractivity contribution in [2.45, 2.75) is 157 Å². The van der Waals surface area contributed by atoms with Crippen molar-refractivity contribution in [1.82, 2.24) is 51.1 Å². The smallest absolute Gasteiger partial charge is 0.250 e. The maximum atomic E-state index is 11.3. The zero-order valence-electron chi connectivity index (χ0n) is 63.7. The van der Waals surface area contributed by atoms with E-state index in [1.165, 1.54) is 52.6 Å². The standard InChI is InChI=1S/C15H23N2O4P.C15H25N2O4P.C14H22ClN2O3P.C14H22IN2O3P.C14H23N2O5P/c1-10-16-11(18)5-7-17(10)14-12-13(19)15(21-14,9-20-12)6-8-22(2,3)4;1-10-16-11(18)6-8-17(10)14-12(19)13(20)15(2,21-14)7-9-22(3,4)5;2*1-9-16-11(18)5-7-17(9)14-12(15)13(19)10(20-14)6-8-21(2,3)4;1-9-15-11(17)5-7-16(9)13-14(19,20)12(18)10(21-13)6-8-22(2,3)4/h5,7,12-14,19H,1-2,6,8-9H2,3-4H3,(H,16,18);6,8,12-14,19-20H,1,3,7,9H2,2,4-5H3,(H,16,18);2*5,7,10,12-14,19H,1-2,6,8H2,3-4H3,(H,16,18);5,7,10,12-13,18-20H,1-2,6,8H2,3-4H3,(H,15,17)/t12-,13+,14-,15+;12-,13+,14-,15-;2*10-,12-,13-,14-;10-,12-,13-/m11111/s1. The third-order valence-electron chi connectivity index (χ3n) is 19.3. The van der Waals surface area contributed by atoms with Crippen LogP contribution in [0.1, 0.15) is 39.0 Å². The van der Waals surface area contributed by atoms with E-state index in [2.05, 4.69) is 180 Å². The summed E-state index contributed by atoms with van der Waals surface area (Å²) < 4.78 is 35.4. The van der Waals surface area contributed by atoms with Crippen LogP contribution in [-0.2, 0) is 52.4 Å². The number of ether oxygens (including phenoxy) is 6. The van der Waals surface area contributed by atoms with Crippen LogP contribution in [0.4, 0.5) is 0 Å². The molecule has 0 radical (unpaired) electrons. The topological polar surface area (TPSA) is 379 Å². The molecule has 11 aliphatic heterocycles. The lowest BCUT2D eigenvalue weighted by Crippen LogP contribution is -2.55. The summed E-state index contributed by atoms with van der Waals surface area (Å²) in [6.07, 6.45) is 32.5. The fourth-order valence-corrected chi connectivity index (χ4v) is 19.1. The van der Waals surface area contributed by atoms with Crippen molar-refractivity contribution in [3.8, 4) is 0 Å². The molecule has 6 saturated heterocycles. The van der Waals surface area contributed by atoms with E-state index >= 15 is 0 Å². The van der Waals surface area contributed by atoms with Gasteiger partial charge in [0.15, 0.2) is 24.9 Å². The zero-order valence-corrected chi connectivity index (χ0v) is 71.1. The summed E-state index contributed by atoms with van der Waals surface area (Å²) >= 11 is 8.50. The molecule has 0 spiro atoms. The minimum Gasteiger partial charge on any atom is -0.389 e. The van der Waals surface area contributed by atoms with E-state index in [4.69, 9.17) is 40.0 Å². The molecular weight excluding hydrogens is 1630 g/mol. The van der Waals surface area contributed by atoms with Crippen LogP contribution in [0.3, 0.4) is 0 Å². The number of aliphatic hydroxyl groups excluding tert-OH is 6. The van der Waals surface area contributed by atoms with Crippen LogP contribution in [0, 0.1) is 0 Å². The fourth-order valence-electron chi connectivity index (χ4n) is 12.9. The third kappa shape index (κ3) is 23.7. The molecule has 11 aliphatic rings. The summed E-state index contributed by atoms with van der Waals surface area (Å²) in [5.41, 5.74) is -1.53. The number of hydrogen-bond donors (Lipinski definition) is 13. The Kier molecular flexibility index (Phi) is 30.3. The maximum Gasteiger partial charge on any atom is 0.250 e. The first-order valence-electron chi connectivity index (χ1n) is 35.1. The minimum atomic E-state index is -2.47. The summed E-state index contributed by atoms with van der Waals surface area (Å²) in [6.45, 7) is 36.3. The number of amides is 5. The highest BCUT2D eigenvalue weighted by Gasteiger charge is 2.63. The Hall–Kier alpha value is -4.29. The van der Waals surface area contributed by atoms with Crippen molar-refractivity contribution in [2.24, 2.45) is 0 Å². The predicted octanol–water partition coefficient (Wildman–Crippen LogP) is 2.55. The summed E-state index contributed by atoms with van der Waals surface area (Å²) in [4.78, 5) is 64.3. The van der Waals surface area contributed by atoms with Gasteiger partial charge in [-0.1, -0.05) is 55.5 Å². The summed E-state index contributed by atoms with van der Waals surface area (Å²) in [6, 6.07) is 0. The predicted molar refractivity (Wildman–Crippen MR) is 445 cm³/mol. The van der Waals surface area contributed by atoms with Crippen molar-refractivity contribution in [3.63, 3.8) is 0 Å². The lowest BCUT2D eigenvalue weighted by Gasteiger charge is -2.38. The molecule has 0 unspecified atom stereocenters. The molecule has 0 aromatic heterocycles. The van der Waals surface area contributed by atoms with Crippen LogP contribution >= 0.6 is 68.6 Å². The molecule has 0 aliphatic carbocycles. The van der Waals surface area contributed by atoms with E-state index in [0.29, 0.717) is 42.7 Å². The lowest BCUT2D eigenvalue weighted by atomic mass is 9.94. The quantitative estimate of drug-likeness (QED) is 0.0360. The average Bonchev–Trinajstić information content (AvgIpc) is 1.58. The van der Waals surface area contributed by atoms with Gasteiger partial charge in [-0.15, -0.1) is 77.5 Å². The molecule has 36 heteroatoms. The number of hydrogen-bond acceptors (Lipinski definition) is 24. The number of rotatable bonds is 20. The van der Waals surface area contributed by atoms with Gasteiger partial charge in [0.1, 0.15) is 82.9 Å². The van der Waals surface area contributed by atoms with Gasteiger partial charge >= 0.3 is 0 Å². The van der Waals surface area contributed by atoms with Crippen molar-refractivity contribution in [2.75, 3.05) is 104 Å². The van der Waals surface area contributed by atoms with Gasteiger partial charge in [-0.05, 0) is 136 Å². The number of nitrogens with zero attached hydrogens (tertiary/aromatic N) is 5. The Morgan fingerprint density at radius 1 is 0.463 bits per heavy atom. The average molecular weight is 1740 g/mol. The van der Waals surface area contributed by atoms with Crippen LogP contribution in [-0.4, -0.2) is 349 Å². The molecule has 11 heterocycles. The zero-order chi connectivity index (χ0) is 81.1. The number of aliphatic hydroxyl groups is 8. The Morgan fingerprint density at radius 2 is 0.815 bits per heavy atom. The second-order valence-corrected chi connectivity index (χ2v) is 55.8. The van der Waals surface area contributed by atoms with E-state index in [1.807, 2.05) is 0 Å². The van der Waals surface area contributed by atoms with Gasteiger partial charge in [-0.2, -0.15) is 0 Å². The van der Waals surface area contributed by atoms with Gasteiger partial charge in [0, 0.05) is 61.4 Å². The van der Waals surface area contributed by atoms with Gasteiger partial charge in [-0.25, -0.2) is 0 Å². The number of nitrogens with one attached hydrogen (secondary N) is 5. The molecule has 0 saturated carbocycles. The van der Waals surface area contributed by atoms with E-state index in [-0.39, 0.29) is 57.7 Å². The van der Waals surface area contributed by atoms with Crippen LogP contribution in [0.2, 0.25) is 0 Å². The fraction of sp³-hybridized carbons (Fsp3) is 0.583. The summed E-state index contributed by atoms with van der Waals surface area (Å²) in [7, 11) is 0. The van der Waals surface area contributed by atoms with Gasteiger partial charge in [0.2, 0.25) is 5.79 Å². The van der Waals surface area contributed by atoms with E-state index in [0.717, 1.165) is 50.1 Å². The SMILES string of the molecule is C=C1NC(=O)C=CN1[C@@H]1O[C@@]2(CCP(=C)(C)C)CO[C@@H]1[C@@H]2O.C=C1NC(=O)C=CN1[C@@H]1O[C@H](CCP(=C)(C)C)[C@@H](O)C1(O)O.C=C1NC(=O)C=CN1[C@@H]1O[C@H](CCP(=C)(C)C)[C@@H](O)[C@H]1Cl.C=C1NC(=O)C=CN1[C@@H]1O[C@H](CCP(=C)(C)C)[C@@H](O)[C@H]1I.C=C1NC(=O)C=CN1[C@@H]1O[C@](C)(CCP(=C)(C)C)[C@@H](O)[C@H]1O. The van der Waals surface area contributed by atoms with Gasteiger partial charge in [-0.3, -0.25) is 24.0 Å². The Morgan fingerprint density at radius 3 is 1.22 bits per heavy atom. The van der Waals surface area contributed by atoms with Gasteiger partial charge < -0.3 is 120 Å². The van der Waals surface area contributed by atoms with Gasteiger partial charge in [0.05, 0.1) is 40.5 Å². The second-order valence-electron chi connectivity index (χ2n) is 32.3. The molecule has 29 nitrogen and oxygen atoms in total. The lowest BCUT2D eigenvalue weighted by molar-refractivity contribution is -0.251. The van der Waals surface area contributed by atoms with Crippen LogP contribution in [0.25, 0.3) is 0 Å². The molecule has 5 amide bonds. The highest BCUT2D eigenvalue weighted by molar-refractivity contribution is 14.1. The number of fused-ring (bicyclic) bond motifs is 2. The van der Waals surface area contributed by atoms with E-state index in [1.54, 1.807) is 40.2 Å². The molecule has 0 aromatic rings. The molecule has 2 bridgehead atoms. The Labute approximate surface area is 654 Å². The summed E-state index contributed by atoms with van der Waals surface area (Å²) in [5, 5.41) is 94.8. The highest BCUT2D eigenvalue weighted by Crippen LogP contribution is 2.49.